The molecule has 0 aromatic carbocycles. The summed E-state index contributed by atoms with van der Waals surface area (Å²) in [4.78, 5) is 10.6. The highest BCUT2D eigenvalue weighted by molar-refractivity contribution is 8.01. The third-order valence-corrected chi connectivity index (χ3v) is 3.46. The Labute approximate surface area is 102 Å². The number of alkyl halides is 1. The van der Waals surface area contributed by atoms with E-state index in [0.717, 1.165) is 10.1 Å². The van der Waals surface area contributed by atoms with E-state index in [4.69, 9.17) is 11.6 Å². The van der Waals surface area contributed by atoms with Crippen LogP contribution < -0.4 is 5.32 Å². The highest BCUT2D eigenvalue weighted by Gasteiger charge is 2.25. The van der Waals surface area contributed by atoms with Gasteiger partial charge in [-0.15, -0.1) is 21.8 Å². The van der Waals surface area contributed by atoms with Gasteiger partial charge in [-0.2, -0.15) is 0 Å². The van der Waals surface area contributed by atoms with E-state index in [9.17, 15) is 4.79 Å². The molecular formula is C8H12ClN3OS2. The van der Waals surface area contributed by atoms with E-state index in [2.05, 4.69) is 15.5 Å². The van der Waals surface area contributed by atoms with Gasteiger partial charge in [0.1, 0.15) is 4.87 Å². The molecule has 0 unspecified atom stereocenters. The van der Waals surface area contributed by atoms with Crippen molar-refractivity contribution in [1.82, 2.24) is 10.2 Å². The molecule has 0 aliphatic heterocycles. The molecule has 1 aromatic heterocycles. The number of halogens is 1. The van der Waals surface area contributed by atoms with Crippen LogP contribution in [-0.2, 0) is 4.79 Å². The predicted molar refractivity (Wildman–Crippen MR) is 64.9 cm³/mol. The molecule has 0 saturated carbocycles. The fourth-order valence-electron chi connectivity index (χ4n) is 0.688. The molecule has 1 amide bonds. The van der Waals surface area contributed by atoms with E-state index in [1.807, 2.05) is 6.92 Å². The zero-order valence-electron chi connectivity index (χ0n) is 8.70. The highest BCUT2D eigenvalue weighted by atomic mass is 35.5. The molecule has 0 fully saturated rings. The van der Waals surface area contributed by atoms with Crippen LogP contribution in [0.15, 0.2) is 4.34 Å². The van der Waals surface area contributed by atoms with Crippen molar-refractivity contribution in [2.24, 2.45) is 0 Å². The van der Waals surface area contributed by atoms with Gasteiger partial charge in [0.25, 0.3) is 0 Å². The number of aromatic nitrogens is 2. The quantitative estimate of drug-likeness (QED) is 0.517. The molecule has 0 aliphatic rings. The van der Waals surface area contributed by atoms with Gasteiger partial charge in [-0.1, -0.05) is 30.0 Å². The minimum absolute atomic E-state index is 0.270. The van der Waals surface area contributed by atoms with Crippen molar-refractivity contribution in [3.05, 3.63) is 0 Å². The fourth-order valence-corrected chi connectivity index (χ4v) is 2.38. The predicted octanol–water partition coefficient (Wildman–Crippen LogP) is 2.61. The summed E-state index contributed by atoms with van der Waals surface area (Å²) in [6.07, 6.45) is 0. The minimum Gasteiger partial charge on any atom is -0.299 e. The van der Waals surface area contributed by atoms with Crippen LogP contribution in [0.4, 0.5) is 5.13 Å². The van der Waals surface area contributed by atoms with Gasteiger partial charge in [0.05, 0.1) is 0 Å². The molecule has 1 rings (SSSR count). The van der Waals surface area contributed by atoms with Crippen molar-refractivity contribution < 1.29 is 4.79 Å². The second-order valence-corrected chi connectivity index (χ2v) is 6.67. The SMILES string of the molecule is CCSc1nnc(NC(=O)C(C)(C)Cl)s1. The van der Waals surface area contributed by atoms with E-state index in [-0.39, 0.29) is 5.91 Å². The Bertz CT molecular complexity index is 348. The second kappa shape index (κ2) is 5.14. The van der Waals surface area contributed by atoms with Gasteiger partial charge in [-0.3, -0.25) is 10.1 Å². The Morgan fingerprint density at radius 2 is 2.27 bits per heavy atom. The Kier molecular flexibility index (Phi) is 4.36. The van der Waals surface area contributed by atoms with E-state index in [1.54, 1.807) is 25.6 Å². The van der Waals surface area contributed by atoms with Crippen LogP contribution in [0.3, 0.4) is 0 Å². The molecular weight excluding hydrogens is 254 g/mol. The molecule has 7 heteroatoms. The molecule has 0 atom stereocenters. The van der Waals surface area contributed by atoms with Crippen LogP contribution in [0.5, 0.6) is 0 Å². The van der Waals surface area contributed by atoms with Crippen LogP contribution in [0.2, 0.25) is 0 Å². The topological polar surface area (TPSA) is 54.9 Å². The number of carbonyl (C=O) groups excluding carboxylic acids is 1. The van der Waals surface area contributed by atoms with Crippen molar-refractivity contribution >= 4 is 45.7 Å². The van der Waals surface area contributed by atoms with Gasteiger partial charge in [0, 0.05) is 0 Å². The molecule has 1 aromatic rings. The summed E-state index contributed by atoms with van der Waals surface area (Å²) in [7, 11) is 0. The molecule has 84 valence electrons. The number of nitrogens with one attached hydrogen (secondary N) is 1. The Balaban J connectivity index is 2.61. The van der Waals surface area contributed by atoms with E-state index in [1.165, 1.54) is 11.3 Å². The molecule has 0 saturated heterocycles. The summed E-state index contributed by atoms with van der Waals surface area (Å²) in [6.45, 7) is 5.30. The first-order valence-corrected chi connectivity index (χ1v) is 6.58. The first-order chi connectivity index (χ1) is 6.93. The molecule has 0 radical (unpaired) electrons. The maximum absolute atomic E-state index is 11.5. The number of hydrogen-bond donors (Lipinski definition) is 1. The zero-order valence-corrected chi connectivity index (χ0v) is 11.1. The lowest BCUT2D eigenvalue weighted by molar-refractivity contribution is -0.117. The largest absolute Gasteiger partial charge is 0.299 e. The summed E-state index contributed by atoms with van der Waals surface area (Å²) in [5.41, 5.74) is 0. The normalized spacial score (nSPS) is 11.5. The zero-order chi connectivity index (χ0) is 11.5. The van der Waals surface area contributed by atoms with Gasteiger partial charge >= 0.3 is 0 Å². The van der Waals surface area contributed by atoms with Crippen LogP contribution in [0, 0.1) is 0 Å². The van der Waals surface area contributed by atoms with Crippen molar-refractivity contribution in [1.29, 1.82) is 0 Å². The molecule has 1 heterocycles. The lowest BCUT2D eigenvalue weighted by atomic mass is 10.2. The summed E-state index contributed by atoms with van der Waals surface area (Å²) in [5, 5.41) is 10.9. The maximum atomic E-state index is 11.5. The smallest absolute Gasteiger partial charge is 0.246 e. The average molecular weight is 266 g/mol. The van der Waals surface area contributed by atoms with Gasteiger partial charge in [-0.05, 0) is 19.6 Å². The van der Waals surface area contributed by atoms with Gasteiger partial charge in [0.2, 0.25) is 11.0 Å². The minimum atomic E-state index is -0.927. The van der Waals surface area contributed by atoms with Gasteiger partial charge < -0.3 is 0 Å². The third kappa shape index (κ3) is 3.96. The van der Waals surface area contributed by atoms with Crippen molar-refractivity contribution in [3.63, 3.8) is 0 Å². The summed E-state index contributed by atoms with van der Waals surface area (Å²) >= 11 is 8.78. The Morgan fingerprint density at radius 1 is 1.60 bits per heavy atom. The average Bonchev–Trinajstić information content (AvgIpc) is 2.51. The number of amides is 1. The molecule has 1 N–H and O–H groups in total. The van der Waals surface area contributed by atoms with Crippen LogP contribution in [0.25, 0.3) is 0 Å². The molecule has 0 bridgehead atoms. The molecule has 4 nitrogen and oxygen atoms in total. The van der Waals surface area contributed by atoms with Crippen molar-refractivity contribution in [3.8, 4) is 0 Å². The summed E-state index contributed by atoms with van der Waals surface area (Å²) in [5.74, 6) is 0.664. The molecule has 0 spiro atoms. The van der Waals surface area contributed by atoms with Gasteiger partial charge in [-0.25, -0.2) is 0 Å². The van der Waals surface area contributed by atoms with E-state index < -0.39 is 4.87 Å². The van der Waals surface area contributed by atoms with Crippen molar-refractivity contribution in [2.75, 3.05) is 11.1 Å². The molecule has 15 heavy (non-hydrogen) atoms. The van der Waals surface area contributed by atoms with Crippen LogP contribution in [0.1, 0.15) is 20.8 Å². The van der Waals surface area contributed by atoms with Crippen molar-refractivity contribution in [2.45, 2.75) is 30.0 Å². The van der Waals surface area contributed by atoms with Crippen LogP contribution >= 0.6 is 34.7 Å². The number of thioether (sulfide) groups is 1. The number of rotatable bonds is 4. The highest BCUT2D eigenvalue weighted by Crippen LogP contribution is 2.26. The Morgan fingerprint density at radius 3 is 2.80 bits per heavy atom. The number of nitrogens with zero attached hydrogens (tertiary/aromatic N) is 2. The maximum Gasteiger partial charge on any atom is 0.246 e. The third-order valence-electron chi connectivity index (χ3n) is 1.43. The number of carbonyl (C=O) groups is 1. The summed E-state index contributed by atoms with van der Waals surface area (Å²) < 4.78 is 0.847. The number of hydrogen-bond acceptors (Lipinski definition) is 5. The van der Waals surface area contributed by atoms with E-state index >= 15 is 0 Å². The fraction of sp³-hybridized carbons (Fsp3) is 0.625. The standard InChI is InChI=1S/C8H12ClN3OS2/c1-4-14-7-12-11-6(15-7)10-5(13)8(2,3)9/h4H2,1-3H3,(H,10,11,13). The lowest BCUT2D eigenvalue weighted by Crippen LogP contribution is -2.31. The van der Waals surface area contributed by atoms with Gasteiger partial charge in [0.15, 0.2) is 4.34 Å². The number of anilines is 1. The van der Waals surface area contributed by atoms with Crippen LogP contribution in [-0.4, -0.2) is 26.7 Å². The second-order valence-electron chi connectivity index (χ2n) is 3.23. The monoisotopic (exact) mass is 265 g/mol. The lowest BCUT2D eigenvalue weighted by Gasteiger charge is -2.12. The van der Waals surface area contributed by atoms with E-state index in [0.29, 0.717) is 5.13 Å². The summed E-state index contributed by atoms with van der Waals surface area (Å²) in [6, 6.07) is 0. The first-order valence-electron chi connectivity index (χ1n) is 4.40. The Hall–Kier alpha value is -0.330. The molecule has 0 aliphatic carbocycles. The first kappa shape index (κ1) is 12.7.